The third kappa shape index (κ3) is 3.83. The molecule has 0 spiro atoms. The molecule has 1 saturated heterocycles. The van der Waals surface area contributed by atoms with Crippen LogP contribution in [0.15, 0.2) is 0 Å². The first-order chi connectivity index (χ1) is 10.7. The number of hydrogen-bond acceptors (Lipinski definition) is 4. The van der Waals surface area contributed by atoms with E-state index in [0.717, 1.165) is 50.4 Å². The summed E-state index contributed by atoms with van der Waals surface area (Å²) in [5, 5.41) is 2.99. The number of nitrogens with one attached hydrogen (secondary N) is 1. The van der Waals surface area contributed by atoms with Crippen LogP contribution in [0.5, 0.6) is 0 Å². The van der Waals surface area contributed by atoms with Gasteiger partial charge in [0.05, 0.1) is 0 Å². The molecular weight excluding hydrogens is 278 g/mol. The van der Waals surface area contributed by atoms with Crippen LogP contribution in [-0.2, 0) is 28.8 Å². The number of carbonyl (C=O) groups is 1. The lowest BCUT2D eigenvalue weighted by Crippen LogP contribution is -2.30. The molecule has 0 unspecified atom stereocenters. The summed E-state index contributed by atoms with van der Waals surface area (Å²) in [4.78, 5) is 21.2. The minimum Gasteiger partial charge on any atom is -0.381 e. The van der Waals surface area contributed by atoms with Crippen molar-refractivity contribution in [1.82, 2.24) is 15.3 Å². The maximum atomic E-state index is 11.9. The highest BCUT2D eigenvalue weighted by Gasteiger charge is 2.18. The van der Waals surface area contributed by atoms with Crippen molar-refractivity contribution in [2.45, 2.75) is 51.9 Å². The molecule has 2 aliphatic rings. The smallest absolute Gasteiger partial charge is 0.220 e. The van der Waals surface area contributed by atoms with Crippen molar-refractivity contribution in [1.29, 1.82) is 0 Å². The number of ether oxygens (including phenoxy) is 1. The van der Waals surface area contributed by atoms with Crippen LogP contribution in [-0.4, -0.2) is 35.6 Å². The van der Waals surface area contributed by atoms with Crippen LogP contribution < -0.4 is 5.32 Å². The fraction of sp³-hybridized carbons (Fsp3) is 0.706. The summed E-state index contributed by atoms with van der Waals surface area (Å²) in [7, 11) is 0. The average molecular weight is 303 g/mol. The zero-order valence-electron chi connectivity index (χ0n) is 13.4. The Hall–Kier alpha value is -1.49. The second kappa shape index (κ2) is 7.18. The summed E-state index contributed by atoms with van der Waals surface area (Å²) in [6, 6.07) is 0. The predicted molar refractivity (Wildman–Crippen MR) is 83.7 cm³/mol. The monoisotopic (exact) mass is 303 g/mol. The van der Waals surface area contributed by atoms with Crippen molar-refractivity contribution in [3.8, 4) is 0 Å². The Labute approximate surface area is 131 Å². The van der Waals surface area contributed by atoms with Crippen molar-refractivity contribution in [3.63, 3.8) is 0 Å². The Morgan fingerprint density at radius 3 is 3.05 bits per heavy atom. The third-order valence-corrected chi connectivity index (χ3v) is 4.59. The van der Waals surface area contributed by atoms with Gasteiger partial charge in [-0.1, -0.05) is 0 Å². The van der Waals surface area contributed by atoms with Gasteiger partial charge in [-0.25, -0.2) is 9.97 Å². The molecule has 0 radical (unpaired) electrons. The first-order valence-electron chi connectivity index (χ1n) is 8.42. The molecule has 1 aliphatic carbocycles. The summed E-state index contributed by atoms with van der Waals surface area (Å²) in [5.41, 5.74) is 3.67. The lowest BCUT2D eigenvalue weighted by molar-refractivity contribution is -0.123. The molecule has 3 rings (SSSR count). The number of nitrogens with zero attached hydrogens (tertiary/aromatic N) is 2. The van der Waals surface area contributed by atoms with E-state index in [1.165, 1.54) is 17.7 Å². The Morgan fingerprint density at radius 2 is 2.23 bits per heavy atom. The zero-order chi connectivity index (χ0) is 15.4. The molecule has 0 saturated carbocycles. The Balaban J connectivity index is 1.44. The van der Waals surface area contributed by atoms with Crippen LogP contribution in [0.1, 0.15) is 48.5 Å². The molecule has 120 valence electrons. The molecule has 22 heavy (non-hydrogen) atoms. The van der Waals surface area contributed by atoms with E-state index in [-0.39, 0.29) is 5.91 Å². The Bertz CT molecular complexity index is 539. The minimum atomic E-state index is 0.119. The van der Waals surface area contributed by atoms with E-state index >= 15 is 0 Å². The number of fused-ring (bicyclic) bond motifs is 1. The average Bonchev–Trinajstić information content (AvgIpc) is 2.97. The summed E-state index contributed by atoms with van der Waals surface area (Å²) < 4.78 is 5.41. The van der Waals surface area contributed by atoms with Gasteiger partial charge in [0.15, 0.2) is 0 Å². The molecule has 1 atom stereocenters. The van der Waals surface area contributed by atoms with Gasteiger partial charge in [-0.15, -0.1) is 0 Å². The topological polar surface area (TPSA) is 64.1 Å². The van der Waals surface area contributed by atoms with Crippen LogP contribution in [0.4, 0.5) is 0 Å². The highest BCUT2D eigenvalue weighted by molar-refractivity contribution is 5.76. The molecule has 0 bridgehead atoms. The number of aromatic nitrogens is 2. The van der Waals surface area contributed by atoms with E-state index in [4.69, 9.17) is 4.74 Å². The van der Waals surface area contributed by atoms with Crippen molar-refractivity contribution in [2.75, 3.05) is 19.8 Å². The number of rotatable bonds is 5. The van der Waals surface area contributed by atoms with Gasteiger partial charge < -0.3 is 10.1 Å². The highest BCUT2D eigenvalue weighted by Crippen LogP contribution is 2.22. The number of amides is 1. The molecule has 0 aromatic carbocycles. The van der Waals surface area contributed by atoms with Crippen molar-refractivity contribution < 1.29 is 9.53 Å². The van der Waals surface area contributed by atoms with Crippen LogP contribution in [0.25, 0.3) is 0 Å². The maximum Gasteiger partial charge on any atom is 0.220 e. The largest absolute Gasteiger partial charge is 0.381 e. The quantitative estimate of drug-likeness (QED) is 0.900. The van der Waals surface area contributed by atoms with Gasteiger partial charge in [0.2, 0.25) is 5.91 Å². The lowest BCUT2D eigenvalue weighted by atomic mass is 9.98. The molecule has 1 N–H and O–H groups in total. The molecule has 1 aromatic heterocycles. The summed E-state index contributed by atoms with van der Waals surface area (Å²) >= 11 is 0. The third-order valence-electron chi connectivity index (χ3n) is 4.59. The van der Waals surface area contributed by atoms with Gasteiger partial charge in [0.1, 0.15) is 5.82 Å². The molecule has 1 amide bonds. The van der Waals surface area contributed by atoms with Crippen LogP contribution in [0, 0.1) is 12.8 Å². The van der Waals surface area contributed by atoms with Crippen LogP contribution in [0.2, 0.25) is 0 Å². The van der Waals surface area contributed by atoms with E-state index < -0.39 is 0 Å². The number of aryl methyl sites for hydroxylation is 2. The molecule has 1 fully saturated rings. The van der Waals surface area contributed by atoms with E-state index in [9.17, 15) is 4.79 Å². The number of hydrogen-bond donors (Lipinski definition) is 1. The van der Waals surface area contributed by atoms with Gasteiger partial charge in [-0.2, -0.15) is 0 Å². The minimum absolute atomic E-state index is 0.119. The Morgan fingerprint density at radius 1 is 1.32 bits per heavy atom. The second-order valence-electron chi connectivity index (χ2n) is 6.39. The first-order valence-corrected chi connectivity index (χ1v) is 8.42. The Kier molecular flexibility index (Phi) is 5.03. The van der Waals surface area contributed by atoms with Crippen LogP contribution >= 0.6 is 0 Å². The predicted octanol–water partition coefficient (Wildman–Crippen LogP) is 1.75. The molecule has 5 nitrogen and oxygen atoms in total. The van der Waals surface area contributed by atoms with Crippen molar-refractivity contribution >= 4 is 5.91 Å². The van der Waals surface area contributed by atoms with E-state index in [2.05, 4.69) is 22.2 Å². The number of carbonyl (C=O) groups excluding carboxylic acids is 1. The molecule has 5 heteroatoms. The summed E-state index contributed by atoms with van der Waals surface area (Å²) in [6.07, 6.45) is 6.82. The molecule has 2 heterocycles. The van der Waals surface area contributed by atoms with Gasteiger partial charge in [0, 0.05) is 44.0 Å². The maximum absolute atomic E-state index is 11.9. The SMILES string of the molecule is Cc1nc(CCNC(=O)C[C@@H]2CCCOC2)nc2c1CCC2. The van der Waals surface area contributed by atoms with Crippen molar-refractivity contribution in [3.05, 3.63) is 22.8 Å². The van der Waals surface area contributed by atoms with Crippen LogP contribution in [0.3, 0.4) is 0 Å². The fourth-order valence-electron chi connectivity index (χ4n) is 3.41. The van der Waals surface area contributed by atoms with Gasteiger partial charge in [-0.3, -0.25) is 4.79 Å². The standard InChI is InChI=1S/C17H25N3O2/c1-12-14-5-2-6-15(14)20-16(19-12)7-8-18-17(21)10-13-4-3-9-22-11-13/h13H,2-11H2,1H3,(H,18,21)/t13-/m0/s1. The molecule has 1 aliphatic heterocycles. The van der Waals surface area contributed by atoms with Gasteiger partial charge in [-0.05, 0) is 50.5 Å². The lowest BCUT2D eigenvalue weighted by Gasteiger charge is -2.21. The van der Waals surface area contributed by atoms with E-state index in [1.807, 2.05) is 0 Å². The molecule has 1 aromatic rings. The normalized spacial score (nSPS) is 20.7. The molecular formula is C17H25N3O2. The fourth-order valence-corrected chi connectivity index (χ4v) is 3.41. The van der Waals surface area contributed by atoms with E-state index in [1.54, 1.807) is 0 Å². The highest BCUT2D eigenvalue weighted by atomic mass is 16.5. The van der Waals surface area contributed by atoms with Gasteiger partial charge in [0.25, 0.3) is 0 Å². The summed E-state index contributed by atoms with van der Waals surface area (Å²) in [6.45, 7) is 4.25. The van der Waals surface area contributed by atoms with E-state index in [0.29, 0.717) is 25.3 Å². The first kappa shape index (κ1) is 15.4. The van der Waals surface area contributed by atoms with Crippen molar-refractivity contribution in [2.24, 2.45) is 5.92 Å². The summed E-state index contributed by atoms with van der Waals surface area (Å²) in [5.74, 6) is 1.36. The second-order valence-corrected chi connectivity index (χ2v) is 6.39. The zero-order valence-corrected chi connectivity index (χ0v) is 13.4. The van der Waals surface area contributed by atoms with Gasteiger partial charge >= 0.3 is 0 Å².